The van der Waals surface area contributed by atoms with Crippen molar-refractivity contribution >= 4 is 29.2 Å². The molecule has 0 aromatic carbocycles. The van der Waals surface area contributed by atoms with Crippen molar-refractivity contribution in [1.82, 2.24) is 4.57 Å². The number of ether oxygens (including phenoxy) is 1. The van der Waals surface area contributed by atoms with Gasteiger partial charge in [0, 0.05) is 12.7 Å². The van der Waals surface area contributed by atoms with E-state index in [1.165, 1.54) is 0 Å². The van der Waals surface area contributed by atoms with Gasteiger partial charge in [0.2, 0.25) is 5.91 Å². The average Bonchev–Trinajstić information content (AvgIpc) is 2.72. The number of anilines is 1. The summed E-state index contributed by atoms with van der Waals surface area (Å²) in [5.74, 6) is -0.850. The zero-order valence-corrected chi connectivity index (χ0v) is 12.5. The standard InChI is InChI=1S/C14H19ClN2O3/c1-3-20-14(19)13-12(16-11(18)8-15)9-6-4-5-7-10(9)17(13)2/h3-8H2,1-2H3,(H,16,18). The fourth-order valence-corrected chi connectivity index (χ4v) is 2.79. The Morgan fingerprint density at radius 2 is 2.05 bits per heavy atom. The largest absolute Gasteiger partial charge is 0.461 e. The normalized spacial score (nSPS) is 13.8. The molecule has 0 fully saturated rings. The van der Waals surface area contributed by atoms with Crippen LogP contribution in [0.5, 0.6) is 0 Å². The maximum absolute atomic E-state index is 12.1. The maximum Gasteiger partial charge on any atom is 0.357 e. The van der Waals surface area contributed by atoms with Crippen LogP contribution in [0.1, 0.15) is 41.5 Å². The smallest absolute Gasteiger partial charge is 0.357 e. The van der Waals surface area contributed by atoms with Gasteiger partial charge in [0.15, 0.2) is 5.69 Å². The molecule has 2 rings (SSSR count). The number of fused-ring (bicyclic) bond motifs is 1. The van der Waals surface area contributed by atoms with Crippen molar-refractivity contribution in [2.45, 2.75) is 32.6 Å². The second-order valence-electron chi connectivity index (χ2n) is 4.82. The van der Waals surface area contributed by atoms with Gasteiger partial charge in [-0.1, -0.05) is 0 Å². The molecule has 0 spiro atoms. The van der Waals surface area contributed by atoms with Crippen LogP contribution < -0.4 is 5.32 Å². The van der Waals surface area contributed by atoms with Crippen molar-refractivity contribution in [2.24, 2.45) is 7.05 Å². The Kier molecular flexibility index (Phi) is 4.70. The van der Waals surface area contributed by atoms with Crippen LogP contribution in [0.4, 0.5) is 5.69 Å². The van der Waals surface area contributed by atoms with Gasteiger partial charge in [-0.15, -0.1) is 11.6 Å². The summed E-state index contributed by atoms with van der Waals surface area (Å²) in [5.41, 5.74) is 3.13. The lowest BCUT2D eigenvalue weighted by molar-refractivity contribution is -0.113. The van der Waals surface area contributed by atoms with Crippen LogP contribution in [0.2, 0.25) is 0 Å². The first-order valence-corrected chi connectivity index (χ1v) is 7.37. The van der Waals surface area contributed by atoms with E-state index >= 15 is 0 Å². The molecule has 1 amide bonds. The number of nitrogens with zero attached hydrogens (tertiary/aromatic N) is 1. The van der Waals surface area contributed by atoms with Gasteiger partial charge in [-0.25, -0.2) is 4.79 Å². The molecule has 5 nitrogen and oxygen atoms in total. The Labute approximate surface area is 123 Å². The van der Waals surface area contributed by atoms with Gasteiger partial charge in [-0.2, -0.15) is 0 Å². The minimum Gasteiger partial charge on any atom is -0.461 e. The summed E-state index contributed by atoms with van der Waals surface area (Å²) < 4.78 is 6.94. The van der Waals surface area contributed by atoms with E-state index < -0.39 is 5.97 Å². The molecule has 0 saturated heterocycles. The van der Waals surface area contributed by atoms with Crippen molar-refractivity contribution in [3.63, 3.8) is 0 Å². The van der Waals surface area contributed by atoms with Crippen molar-refractivity contribution in [1.29, 1.82) is 0 Å². The first-order valence-electron chi connectivity index (χ1n) is 6.83. The number of aromatic nitrogens is 1. The van der Waals surface area contributed by atoms with Gasteiger partial charge in [-0.05, 0) is 38.2 Å². The molecule has 0 bridgehead atoms. The summed E-state index contributed by atoms with van der Waals surface area (Å²) in [7, 11) is 1.84. The summed E-state index contributed by atoms with van der Waals surface area (Å²) in [6.45, 7) is 2.06. The van der Waals surface area contributed by atoms with E-state index in [4.69, 9.17) is 16.3 Å². The van der Waals surface area contributed by atoms with Crippen LogP contribution in [0.3, 0.4) is 0 Å². The lowest BCUT2D eigenvalue weighted by Crippen LogP contribution is -2.18. The fraction of sp³-hybridized carbons (Fsp3) is 0.571. The van der Waals surface area contributed by atoms with Crippen LogP contribution in [0.15, 0.2) is 0 Å². The number of amides is 1. The third-order valence-electron chi connectivity index (χ3n) is 3.57. The van der Waals surface area contributed by atoms with Crippen molar-refractivity contribution in [2.75, 3.05) is 17.8 Å². The third-order valence-corrected chi connectivity index (χ3v) is 3.81. The quantitative estimate of drug-likeness (QED) is 0.685. The molecule has 1 aromatic heterocycles. The monoisotopic (exact) mass is 298 g/mol. The molecular formula is C14H19ClN2O3. The number of carbonyl (C=O) groups excluding carboxylic acids is 2. The van der Waals surface area contributed by atoms with Gasteiger partial charge in [0.1, 0.15) is 5.88 Å². The van der Waals surface area contributed by atoms with Gasteiger partial charge in [0.25, 0.3) is 0 Å². The zero-order valence-electron chi connectivity index (χ0n) is 11.8. The summed E-state index contributed by atoms with van der Waals surface area (Å²) in [5, 5.41) is 2.76. The number of alkyl halides is 1. The molecule has 110 valence electrons. The van der Waals surface area contributed by atoms with E-state index in [2.05, 4.69) is 5.32 Å². The molecule has 0 saturated carbocycles. The number of hydrogen-bond donors (Lipinski definition) is 1. The molecule has 0 radical (unpaired) electrons. The highest BCUT2D eigenvalue weighted by molar-refractivity contribution is 6.29. The molecular weight excluding hydrogens is 280 g/mol. The van der Waals surface area contributed by atoms with Crippen LogP contribution in [0.25, 0.3) is 0 Å². The first-order chi connectivity index (χ1) is 9.60. The first kappa shape index (κ1) is 14.9. The number of rotatable bonds is 4. The van der Waals surface area contributed by atoms with Crippen LogP contribution >= 0.6 is 11.6 Å². The van der Waals surface area contributed by atoms with Crippen LogP contribution in [-0.4, -0.2) is 28.9 Å². The minimum atomic E-state index is -0.408. The lowest BCUT2D eigenvalue weighted by Gasteiger charge is -2.14. The second-order valence-corrected chi connectivity index (χ2v) is 5.08. The maximum atomic E-state index is 12.1. The van der Waals surface area contributed by atoms with E-state index in [1.807, 2.05) is 11.6 Å². The highest BCUT2D eigenvalue weighted by Gasteiger charge is 2.28. The van der Waals surface area contributed by atoms with Gasteiger partial charge in [0.05, 0.1) is 12.3 Å². The van der Waals surface area contributed by atoms with Crippen molar-refractivity contribution < 1.29 is 14.3 Å². The summed E-state index contributed by atoms with van der Waals surface area (Å²) in [6.07, 6.45) is 3.93. The Bertz CT molecular complexity index is 537. The van der Waals surface area contributed by atoms with Crippen molar-refractivity contribution in [3.05, 3.63) is 17.0 Å². The predicted molar refractivity (Wildman–Crippen MR) is 77.4 cm³/mol. The molecule has 0 unspecified atom stereocenters. The van der Waals surface area contributed by atoms with Gasteiger partial charge < -0.3 is 14.6 Å². The molecule has 1 aromatic rings. The third kappa shape index (κ3) is 2.68. The molecule has 0 aliphatic heterocycles. The molecule has 1 aliphatic rings. The van der Waals surface area contributed by atoms with Crippen LogP contribution in [0, 0.1) is 0 Å². The second kappa shape index (κ2) is 6.31. The molecule has 20 heavy (non-hydrogen) atoms. The molecule has 1 heterocycles. The van der Waals surface area contributed by atoms with E-state index in [0.717, 1.165) is 36.9 Å². The van der Waals surface area contributed by atoms with Crippen LogP contribution in [-0.2, 0) is 29.4 Å². The highest BCUT2D eigenvalue weighted by Crippen LogP contribution is 2.34. The van der Waals surface area contributed by atoms with E-state index in [9.17, 15) is 9.59 Å². The summed E-state index contributed by atoms with van der Waals surface area (Å²) in [6, 6.07) is 0. The number of halogens is 1. The molecule has 6 heteroatoms. The highest BCUT2D eigenvalue weighted by atomic mass is 35.5. The molecule has 0 atom stereocenters. The summed E-state index contributed by atoms with van der Waals surface area (Å²) >= 11 is 5.55. The Hall–Kier alpha value is -1.49. The van der Waals surface area contributed by atoms with Crippen molar-refractivity contribution in [3.8, 4) is 0 Å². The Morgan fingerprint density at radius 3 is 2.70 bits per heavy atom. The number of hydrogen-bond acceptors (Lipinski definition) is 3. The van der Waals surface area contributed by atoms with E-state index in [0.29, 0.717) is 18.0 Å². The van der Waals surface area contributed by atoms with E-state index in [1.54, 1.807) is 6.92 Å². The van der Waals surface area contributed by atoms with Gasteiger partial charge in [-0.3, -0.25) is 4.79 Å². The number of nitrogens with one attached hydrogen (secondary N) is 1. The zero-order chi connectivity index (χ0) is 14.7. The van der Waals surface area contributed by atoms with Gasteiger partial charge >= 0.3 is 5.97 Å². The average molecular weight is 299 g/mol. The predicted octanol–water partition coefficient (Wildman–Crippen LogP) is 2.26. The lowest BCUT2D eigenvalue weighted by atomic mass is 9.96. The Morgan fingerprint density at radius 1 is 1.35 bits per heavy atom. The molecule has 1 aliphatic carbocycles. The molecule has 1 N–H and O–H groups in total. The van der Waals surface area contributed by atoms with E-state index in [-0.39, 0.29) is 11.8 Å². The fourth-order valence-electron chi connectivity index (χ4n) is 2.72. The number of carbonyl (C=O) groups is 2. The number of esters is 1. The summed E-state index contributed by atoms with van der Waals surface area (Å²) in [4.78, 5) is 23.8. The SMILES string of the molecule is CCOC(=O)c1c(NC(=O)CCl)c2c(n1C)CCCC2. The Balaban J connectivity index is 2.49. The minimum absolute atomic E-state index is 0.133. The topological polar surface area (TPSA) is 60.3 Å².